The van der Waals surface area contributed by atoms with Gasteiger partial charge in [-0.1, -0.05) is 0 Å². The normalized spacial score (nSPS) is 12.8. The third-order valence-electron chi connectivity index (χ3n) is 2.74. The van der Waals surface area contributed by atoms with Gasteiger partial charge in [-0.2, -0.15) is 0 Å². The van der Waals surface area contributed by atoms with Gasteiger partial charge < -0.3 is 14.5 Å². The molecule has 20 heavy (non-hydrogen) atoms. The van der Waals surface area contributed by atoms with E-state index < -0.39 is 0 Å². The van der Waals surface area contributed by atoms with Crippen LogP contribution in [-0.4, -0.2) is 11.5 Å². The molecule has 0 spiro atoms. The maximum atomic E-state index is 11.9. The molecule has 0 saturated carbocycles. The van der Waals surface area contributed by atoms with Crippen LogP contribution in [0, 0.1) is 0 Å². The average molecular weight is 293 g/mol. The molecule has 2 aromatic rings. The third kappa shape index (κ3) is 3.77. The Bertz CT molecular complexity index is 649. The molecule has 5 heteroatoms. The van der Waals surface area contributed by atoms with Crippen LogP contribution in [0.25, 0.3) is 11.0 Å². The zero-order valence-electron chi connectivity index (χ0n) is 11.8. The molecule has 0 aliphatic carbocycles. The van der Waals surface area contributed by atoms with Crippen molar-refractivity contribution >= 4 is 29.3 Å². The van der Waals surface area contributed by atoms with Crippen LogP contribution in [0.3, 0.4) is 0 Å². The molecule has 0 aliphatic rings. The van der Waals surface area contributed by atoms with Crippen molar-refractivity contribution in [3.8, 4) is 0 Å². The first kappa shape index (κ1) is 14.9. The summed E-state index contributed by atoms with van der Waals surface area (Å²) in [6.07, 6.45) is 0. The van der Waals surface area contributed by atoms with Gasteiger partial charge in [0, 0.05) is 23.2 Å². The first-order valence-corrected chi connectivity index (χ1v) is 7.10. The lowest BCUT2D eigenvalue weighted by Gasteiger charge is -2.10. The van der Waals surface area contributed by atoms with Gasteiger partial charge in [0.05, 0.1) is 17.6 Å². The van der Waals surface area contributed by atoms with E-state index in [9.17, 15) is 4.79 Å². The average Bonchev–Trinajstić information content (AvgIpc) is 2.35. The zero-order valence-corrected chi connectivity index (χ0v) is 12.7. The van der Waals surface area contributed by atoms with Gasteiger partial charge in [-0.05, 0) is 39.0 Å². The van der Waals surface area contributed by atoms with Crippen molar-refractivity contribution in [1.29, 1.82) is 0 Å². The summed E-state index contributed by atoms with van der Waals surface area (Å²) in [5.41, 5.74) is 1.42. The molecule has 0 fully saturated rings. The molecule has 1 aromatic heterocycles. The van der Waals surface area contributed by atoms with Gasteiger partial charge in [-0.15, -0.1) is 12.6 Å². The smallest absolute Gasteiger partial charge is 0.341 e. The van der Waals surface area contributed by atoms with E-state index in [1.54, 1.807) is 13.0 Å². The van der Waals surface area contributed by atoms with Crippen LogP contribution in [0.4, 0.5) is 5.69 Å². The van der Waals surface area contributed by atoms with E-state index >= 15 is 0 Å². The highest BCUT2D eigenvalue weighted by Gasteiger charge is 2.07. The van der Waals surface area contributed by atoms with Crippen LogP contribution in [0.2, 0.25) is 0 Å². The van der Waals surface area contributed by atoms with Crippen molar-refractivity contribution in [2.45, 2.75) is 38.9 Å². The van der Waals surface area contributed by atoms with Gasteiger partial charge >= 0.3 is 5.63 Å². The quantitative estimate of drug-likeness (QED) is 0.504. The molecule has 4 nitrogen and oxygen atoms in total. The number of rotatable bonds is 5. The fourth-order valence-corrected chi connectivity index (χ4v) is 1.96. The van der Waals surface area contributed by atoms with E-state index in [2.05, 4.69) is 31.8 Å². The Kier molecular flexibility index (Phi) is 4.73. The number of hydrogen-bond donors (Lipinski definition) is 2. The van der Waals surface area contributed by atoms with Crippen molar-refractivity contribution in [2.75, 3.05) is 5.32 Å². The van der Waals surface area contributed by atoms with Crippen molar-refractivity contribution in [1.82, 2.24) is 0 Å². The molecule has 0 amide bonds. The van der Waals surface area contributed by atoms with Crippen LogP contribution < -0.4 is 10.9 Å². The fraction of sp³-hybridized carbons (Fsp3) is 0.400. The number of thiol groups is 1. The van der Waals surface area contributed by atoms with Crippen LogP contribution in [0.1, 0.15) is 26.3 Å². The van der Waals surface area contributed by atoms with E-state index in [0.717, 1.165) is 11.1 Å². The highest BCUT2D eigenvalue weighted by molar-refractivity contribution is 7.80. The molecule has 1 heterocycles. The summed E-state index contributed by atoms with van der Waals surface area (Å²) in [7, 11) is 0. The van der Waals surface area contributed by atoms with E-state index in [4.69, 9.17) is 9.15 Å². The Balaban J connectivity index is 2.33. The number of ether oxygens (including phenoxy) is 1. The maximum Gasteiger partial charge on any atom is 0.341 e. The Morgan fingerprint density at radius 2 is 2.05 bits per heavy atom. The number of hydrogen-bond acceptors (Lipinski definition) is 5. The summed E-state index contributed by atoms with van der Waals surface area (Å²) in [5, 5.41) is 4.15. The van der Waals surface area contributed by atoms with Gasteiger partial charge in [-0.25, -0.2) is 4.79 Å². The summed E-state index contributed by atoms with van der Waals surface area (Å²) in [4.78, 5) is 11.9. The second kappa shape index (κ2) is 6.33. The molecular formula is C15H19NO3S. The summed E-state index contributed by atoms with van der Waals surface area (Å²) in [6.45, 7) is 6.11. The Labute approximate surface area is 123 Å². The molecule has 108 valence electrons. The highest BCUT2D eigenvalue weighted by Crippen LogP contribution is 2.20. The molecule has 1 aromatic carbocycles. The zero-order chi connectivity index (χ0) is 14.7. The second-order valence-electron chi connectivity index (χ2n) is 5.02. The Morgan fingerprint density at radius 1 is 1.30 bits per heavy atom. The van der Waals surface area contributed by atoms with Gasteiger partial charge in [0.25, 0.3) is 0 Å². The molecule has 2 rings (SSSR count). The maximum absolute atomic E-state index is 11.9. The van der Waals surface area contributed by atoms with Crippen LogP contribution in [0.5, 0.6) is 0 Å². The summed E-state index contributed by atoms with van der Waals surface area (Å²) in [5.74, 6) is 0. The van der Waals surface area contributed by atoms with Gasteiger partial charge in [0.2, 0.25) is 0 Å². The molecule has 0 saturated heterocycles. The molecule has 1 atom stereocenters. The third-order valence-corrected chi connectivity index (χ3v) is 2.89. The van der Waals surface area contributed by atoms with E-state index in [1.807, 2.05) is 18.2 Å². The van der Waals surface area contributed by atoms with Gasteiger partial charge in [-0.3, -0.25) is 0 Å². The number of anilines is 1. The lowest BCUT2D eigenvalue weighted by molar-refractivity contribution is 0.110. The van der Waals surface area contributed by atoms with Crippen molar-refractivity contribution < 1.29 is 9.15 Å². The summed E-state index contributed by atoms with van der Waals surface area (Å²) in [6, 6.07) is 7.85. The van der Waals surface area contributed by atoms with Crippen molar-refractivity contribution in [2.24, 2.45) is 0 Å². The minimum absolute atomic E-state index is 0.203. The molecule has 1 unspecified atom stereocenters. The summed E-state index contributed by atoms with van der Waals surface area (Å²) >= 11 is 4.12. The monoisotopic (exact) mass is 293 g/mol. The van der Waals surface area contributed by atoms with Crippen molar-refractivity contribution in [3.63, 3.8) is 0 Å². The lowest BCUT2D eigenvalue weighted by atomic mass is 10.1. The SMILES string of the molecule is CC(C)Nc1ccc2cc(COC(C)S)c(=O)oc2c1. The topological polar surface area (TPSA) is 51.5 Å². The molecule has 0 radical (unpaired) electrons. The van der Waals surface area contributed by atoms with E-state index in [-0.39, 0.29) is 17.7 Å². The fourth-order valence-electron chi connectivity index (χ4n) is 1.89. The van der Waals surface area contributed by atoms with Crippen LogP contribution >= 0.6 is 12.6 Å². The number of nitrogens with one attached hydrogen (secondary N) is 1. The minimum Gasteiger partial charge on any atom is -0.422 e. The molecule has 0 bridgehead atoms. The Hall–Kier alpha value is -1.46. The van der Waals surface area contributed by atoms with Crippen LogP contribution in [0.15, 0.2) is 33.5 Å². The van der Waals surface area contributed by atoms with E-state index in [1.165, 1.54) is 0 Å². The first-order valence-electron chi connectivity index (χ1n) is 6.58. The van der Waals surface area contributed by atoms with Gasteiger partial charge in [0.1, 0.15) is 5.58 Å². The molecule has 0 aliphatic heterocycles. The molecule has 1 N–H and O–H groups in total. The second-order valence-corrected chi connectivity index (χ2v) is 5.75. The van der Waals surface area contributed by atoms with E-state index in [0.29, 0.717) is 17.2 Å². The number of benzene rings is 1. The lowest BCUT2D eigenvalue weighted by Crippen LogP contribution is -2.11. The summed E-state index contributed by atoms with van der Waals surface area (Å²) < 4.78 is 10.7. The molecular weight excluding hydrogens is 274 g/mol. The largest absolute Gasteiger partial charge is 0.422 e. The van der Waals surface area contributed by atoms with Gasteiger partial charge in [0.15, 0.2) is 0 Å². The standard InChI is InChI=1S/C15H19NO3S/c1-9(2)16-13-5-4-11-6-12(8-18-10(3)20)15(17)19-14(11)7-13/h4-7,9-10,16,20H,8H2,1-3H3. The number of fused-ring (bicyclic) bond motifs is 1. The predicted octanol–water partition coefficient (Wildman–Crippen LogP) is 3.41. The van der Waals surface area contributed by atoms with Crippen molar-refractivity contribution in [3.05, 3.63) is 40.2 Å². The Morgan fingerprint density at radius 3 is 2.70 bits per heavy atom. The minimum atomic E-state index is -0.367. The van der Waals surface area contributed by atoms with Crippen LogP contribution in [-0.2, 0) is 11.3 Å². The highest BCUT2D eigenvalue weighted by atomic mass is 32.1. The predicted molar refractivity (Wildman–Crippen MR) is 84.5 cm³/mol. The first-order chi connectivity index (χ1) is 9.45.